The minimum Gasteiger partial charge on any atom is -0.481 e. The number of amidine groups is 1. The van der Waals surface area contributed by atoms with E-state index < -0.39 is 5.97 Å². The van der Waals surface area contributed by atoms with Gasteiger partial charge in [-0.3, -0.25) is 10.2 Å². The van der Waals surface area contributed by atoms with E-state index in [0.717, 1.165) is 36.0 Å². The lowest BCUT2D eigenvalue weighted by molar-refractivity contribution is -0.134. The first-order valence-corrected chi connectivity index (χ1v) is 8.24. The van der Waals surface area contributed by atoms with Crippen molar-refractivity contribution in [2.24, 2.45) is 5.73 Å². The first-order valence-electron chi connectivity index (χ1n) is 8.24. The van der Waals surface area contributed by atoms with Gasteiger partial charge in [0.1, 0.15) is 17.4 Å². The number of nitrogens with two attached hydrogens (primary N) is 1. The number of furan rings is 1. The number of carbonyl (C=O) groups is 1. The van der Waals surface area contributed by atoms with Crippen molar-refractivity contribution in [3.05, 3.63) is 71.8 Å². The van der Waals surface area contributed by atoms with E-state index in [-0.39, 0.29) is 5.84 Å². The number of carboxylic acids is 1. The van der Waals surface area contributed by atoms with Crippen molar-refractivity contribution in [1.29, 1.82) is 5.41 Å². The van der Waals surface area contributed by atoms with E-state index in [9.17, 15) is 0 Å². The molecule has 0 saturated heterocycles. The van der Waals surface area contributed by atoms with E-state index in [4.69, 9.17) is 25.5 Å². The molecule has 0 radical (unpaired) electrons. The third-order valence-electron chi connectivity index (χ3n) is 3.73. The Bertz CT molecular complexity index is 874. The van der Waals surface area contributed by atoms with Crippen LogP contribution in [-0.4, -0.2) is 16.9 Å². The van der Waals surface area contributed by atoms with Gasteiger partial charge in [-0.15, -0.1) is 0 Å². The van der Waals surface area contributed by atoms with Crippen molar-refractivity contribution in [3.63, 3.8) is 0 Å². The van der Waals surface area contributed by atoms with Crippen LogP contribution >= 0.6 is 0 Å². The summed E-state index contributed by atoms with van der Waals surface area (Å²) in [7, 11) is 0. The Labute approximate surface area is 152 Å². The number of rotatable bonds is 4. The molecule has 4 N–H and O–H groups in total. The van der Waals surface area contributed by atoms with Crippen LogP contribution in [-0.2, 0) is 11.2 Å². The molecule has 0 aliphatic carbocycles. The zero-order valence-corrected chi connectivity index (χ0v) is 14.8. The second kappa shape index (κ2) is 8.67. The summed E-state index contributed by atoms with van der Waals surface area (Å²) in [4.78, 5) is 9.00. The Morgan fingerprint density at radius 3 is 1.77 bits per heavy atom. The average Bonchev–Trinajstić information content (AvgIpc) is 3.11. The number of hydrogen-bond donors (Lipinski definition) is 3. The molecule has 0 aliphatic rings. The molecule has 0 bridgehead atoms. The van der Waals surface area contributed by atoms with Crippen molar-refractivity contribution >= 4 is 11.8 Å². The zero-order chi connectivity index (χ0) is 19.1. The summed E-state index contributed by atoms with van der Waals surface area (Å²) >= 11 is 0. The fourth-order valence-electron chi connectivity index (χ4n) is 2.37. The quantitative estimate of drug-likeness (QED) is 0.474. The molecule has 5 heteroatoms. The number of aliphatic carboxylic acids is 1. The van der Waals surface area contributed by atoms with Crippen molar-refractivity contribution in [2.75, 3.05) is 0 Å². The Hall–Kier alpha value is -3.34. The molecule has 0 atom stereocenters. The van der Waals surface area contributed by atoms with Gasteiger partial charge in [0.25, 0.3) is 5.97 Å². The number of nitrogen functional groups attached to an aromatic ring is 1. The SMILES string of the molecule is CC(=O)O.CCc1ccc(-c2ccc(-c3ccc(C(=N)N)cc3)o2)cc1. The van der Waals surface area contributed by atoms with E-state index in [1.165, 1.54) is 5.56 Å². The van der Waals surface area contributed by atoms with Crippen molar-refractivity contribution in [2.45, 2.75) is 20.3 Å². The van der Waals surface area contributed by atoms with Crippen molar-refractivity contribution < 1.29 is 14.3 Å². The van der Waals surface area contributed by atoms with Gasteiger partial charge in [0.05, 0.1) is 0 Å². The highest BCUT2D eigenvalue weighted by molar-refractivity contribution is 5.95. The van der Waals surface area contributed by atoms with Gasteiger partial charge in [-0.25, -0.2) is 0 Å². The van der Waals surface area contributed by atoms with Crippen LogP contribution in [0.3, 0.4) is 0 Å². The predicted molar refractivity (Wildman–Crippen MR) is 103 cm³/mol. The number of hydrogen-bond acceptors (Lipinski definition) is 3. The maximum Gasteiger partial charge on any atom is 0.300 e. The largest absolute Gasteiger partial charge is 0.481 e. The van der Waals surface area contributed by atoms with Crippen LogP contribution in [0.2, 0.25) is 0 Å². The molecule has 26 heavy (non-hydrogen) atoms. The van der Waals surface area contributed by atoms with Gasteiger partial charge in [-0.05, 0) is 24.1 Å². The van der Waals surface area contributed by atoms with Gasteiger partial charge in [-0.1, -0.05) is 55.5 Å². The fraction of sp³-hybridized carbons (Fsp3) is 0.143. The van der Waals surface area contributed by atoms with Gasteiger partial charge in [-0.2, -0.15) is 0 Å². The smallest absolute Gasteiger partial charge is 0.300 e. The second-order valence-electron chi connectivity index (χ2n) is 5.72. The van der Waals surface area contributed by atoms with Crippen LogP contribution in [0.25, 0.3) is 22.6 Å². The molecule has 0 spiro atoms. The van der Waals surface area contributed by atoms with Crippen LogP contribution < -0.4 is 5.73 Å². The maximum absolute atomic E-state index is 9.00. The number of benzene rings is 2. The molecule has 2 aromatic carbocycles. The number of aryl methyl sites for hydroxylation is 1. The normalized spacial score (nSPS) is 9.92. The molecule has 0 unspecified atom stereocenters. The summed E-state index contributed by atoms with van der Waals surface area (Å²) in [5.74, 6) is 0.903. The highest BCUT2D eigenvalue weighted by Crippen LogP contribution is 2.28. The third-order valence-corrected chi connectivity index (χ3v) is 3.73. The Balaban J connectivity index is 0.000000552. The molecule has 1 heterocycles. The summed E-state index contributed by atoms with van der Waals surface area (Å²) in [5.41, 5.74) is 9.54. The van der Waals surface area contributed by atoms with Gasteiger partial charge < -0.3 is 15.3 Å². The van der Waals surface area contributed by atoms with E-state index in [2.05, 4.69) is 31.2 Å². The van der Waals surface area contributed by atoms with Crippen LogP contribution in [0.1, 0.15) is 25.0 Å². The summed E-state index contributed by atoms with van der Waals surface area (Å²) in [5, 5.41) is 14.8. The van der Waals surface area contributed by atoms with Crippen LogP contribution in [0.15, 0.2) is 65.1 Å². The number of carboxylic acid groups (broad SMARTS) is 1. The molecule has 3 aromatic rings. The molecule has 3 rings (SSSR count). The van der Waals surface area contributed by atoms with Gasteiger partial charge >= 0.3 is 0 Å². The molecule has 0 saturated carbocycles. The molecular weight excluding hydrogens is 328 g/mol. The Kier molecular flexibility index (Phi) is 6.33. The van der Waals surface area contributed by atoms with Crippen LogP contribution in [0, 0.1) is 5.41 Å². The van der Waals surface area contributed by atoms with E-state index in [1.807, 2.05) is 36.4 Å². The minimum absolute atomic E-state index is 0.0719. The summed E-state index contributed by atoms with van der Waals surface area (Å²) in [6.45, 7) is 3.23. The first-order chi connectivity index (χ1) is 12.4. The molecule has 0 aliphatic heterocycles. The zero-order valence-electron chi connectivity index (χ0n) is 14.8. The summed E-state index contributed by atoms with van der Waals surface area (Å²) < 4.78 is 5.94. The second-order valence-corrected chi connectivity index (χ2v) is 5.72. The highest BCUT2D eigenvalue weighted by atomic mass is 16.4. The standard InChI is InChI=1S/C19H18N2O.C2H4O2/c1-2-13-3-5-14(6-4-13)17-11-12-18(22-17)15-7-9-16(10-8-15)19(20)21;1-2(3)4/h3-12H,2H2,1H3,(H3,20,21);1H3,(H,3,4). The Morgan fingerprint density at radius 2 is 1.38 bits per heavy atom. The lowest BCUT2D eigenvalue weighted by Crippen LogP contribution is -2.10. The number of nitrogens with one attached hydrogen (secondary N) is 1. The lowest BCUT2D eigenvalue weighted by Gasteiger charge is -2.02. The predicted octanol–water partition coefficient (Wildman–Crippen LogP) is 4.55. The molecule has 0 fully saturated rings. The molecule has 5 nitrogen and oxygen atoms in total. The lowest BCUT2D eigenvalue weighted by atomic mass is 10.1. The molecule has 1 aromatic heterocycles. The van der Waals surface area contributed by atoms with Gasteiger partial charge in [0, 0.05) is 23.6 Å². The van der Waals surface area contributed by atoms with Crippen LogP contribution in [0.5, 0.6) is 0 Å². The summed E-state index contributed by atoms with van der Waals surface area (Å²) in [6, 6.07) is 19.9. The highest BCUT2D eigenvalue weighted by Gasteiger charge is 2.07. The maximum atomic E-state index is 9.00. The van der Waals surface area contributed by atoms with Crippen molar-refractivity contribution in [1.82, 2.24) is 0 Å². The topological polar surface area (TPSA) is 100 Å². The van der Waals surface area contributed by atoms with E-state index in [0.29, 0.717) is 5.56 Å². The van der Waals surface area contributed by atoms with Crippen LogP contribution in [0.4, 0.5) is 0 Å². The van der Waals surface area contributed by atoms with E-state index in [1.54, 1.807) is 0 Å². The average molecular weight is 350 g/mol. The van der Waals surface area contributed by atoms with Gasteiger partial charge in [0.2, 0.25) is 0 Å². The minimum atomic E-state index is -0.833. The van der Waals surface area contributed by atoms with E-state index >= 15 is 0 Å². The molecule has 134 valence electrons. The Morgan fingerprint density at radius 1 is 0.962 bits per heavy atom. The first kappa shape index (κ1) is 19.0. The molecular formula is C21H22N2O3. The monoisotopic (exact) mass is 350 g/mol. The fourth-order valence-corrected chi connectivity index (χ4v) is 2.37. The molecule has 0 amide bonds. The van der Waals surface area contributed by atoms with Gasteiger partial charge in [0.15, 0.2) is 0 Å². The summed E-state index contributed by atoms with van der Waals surface area (Å²) in [6.07, 6.45) is 1.03. The third kappa shape index (κ3) is 5.08. The van der Waals surface area contributed by atoms with Crippen molar-refractivity contribution in [3.8, 4) is 22.6 Å².